The Hall–Kier alpha value is -3.29. The monoisotopic (exact) mass is 605 g/mol. The van der Waals surface area contributed by atoms with Crippen LogP contribution in [0.5, 0.6) is 11.5 Å². The van der Waals surface area contributed by atoms with Crippen molar-refractivity contribution >= 4 is 55.8 Å². The Labute approximate surface area is 229 Å². The number of ether oxygens (including phenoxy) is 2. The molecule has 2 heterocycles. The Balaban J connectivity index is 1.54. The number of hydrogen-bond acceptors (Lipinski definition) is 12. The Morgan fingerprint density at radius 1 is 1.30 bits per heavy atom. The fourth-order valence-electron chi connectivity index (χ4n) is 3.45. The van der Waals surface area contributed by atoms with E-state index in [1.165, 1.54) is 43.4 Å². The van der Waals surface area contributed by atoms with Crippen molar-refractivity contribution in [1.29, 1.82) is 0 Å². The summed E-state index contributed by atoms with van der Waals surface area (Å²) in [6.07, 6.45) is 0. The minimum atomic E-state index is -0.586. The van der Waals surface area contributed by atoms with E-state index in [-0.39, 0.29) is 17.4 Å². The smallest absolute Gasteiger partial charge is 0.339 e. The molecule has 13 heteroatoms. The number of thioether (sulfide) groups is 1. The lowest BCUT2D eigenvalue weighted by Gasteiger charge is -2.17. The minimum absolute atomic E-state index is 0.0702. The highest BCUT2D eigenvalue weighted by Crippen LogP contribution is 2.40. The van der Waals surface area contributed by atoms with Gasteiger partial charge in [-0.15, -0.1) is 11.3 Å². The van der Waals surface area contributed by atoms with Gasteiger partial charge in [-0.2, -0.15) is 16.7 Å². The van der Waals surface area contributed by atoms with Gasteiger partial charge in [-0.05, 0) is 35.0 Å². The maximum atomic E-state index is 12.5. The summed E-state index contributed by atoms with van der Waals surface area (Å²) in [4.78, 5) is 21.6. The van der Waals surface area contributed by atoms with Crippen molar-refractivity contribution in [3.8, 4) is 22.8 Å². The van der Waals surface area contributed by atoms with E-state index in [0.29, 0.717) is 49.8 Å². The summed E-state index contributed by atoms with van der Waals surface area (Å²) in [6, 6.07) is 8.58. The third-order valence-electron chi connectivity index (χ3n) is 5.30. The number of nitrogens with one attached hydrogen (secondary N) is 1. The molecule has 2 aromatic carbocycles. The van der Waals surface area contributed by atoms with Crippen molar-refractivity contribution in [3.63, 3.8) is 0 Å². The summed E-state index contributed by atoms with van der Waals surface area (Å²) in [5, 5.41) is 20.5. The molecule has 0 radical (unpaired) electrons. The van der Waals surface area contributed by atoms with Crippen LogP contribution >= 0.6 is 39.0 Å². The Morgan fingerprint density at radius 2 is 2.05 bits per heavy atom. The van der Waals surface area contributed by atoms with Gasteiger partial charge in [0.05, 0.1) is 29.9 Å². The van der Waals surface area contributed by atoms with Crippen LogP contribution in [0.2, 0.25) is 0 Å². The van der Waals surface area contributed by atoms with E-state index < -0.39 is 5.97 Å². The molecule has 0 bridgehead atoms. The molecular weight excluding hydrogens is 582 g/mol. The maximum absolute atomic E-state index is 12.5. The Morgan fingerprint density at radius 3 is 2.70 bits per heavy atom. The molecule has 0 aliphatic rings. The zero-order valence-electron chi connectivity index (χ0n) is 20.1. The molecule has 2 aromatic heterocycles. The summed E-state index contributed by atoms with van der Waals surface area (Å²) in [5.41, 5.74) is 8.87. The van der Waals surface area contributed by atoms with Crippen molar-refractivity contribution in [3.05, 3.63) is 63.0 Å². The second kappa shape index (κ2) is 11.8. The van der Waals surface area contributed by atoms with E-state index in [4.69, 9.17) is 19.7 Å². The standard InChI is InChI=1S/C24H24BrN5O5S2/c1-12-27-22(35-30-12)17(29-24-28-16(11-37-24)13-4-6-14(26)7-5-13)10-36-9-15-18(31)8-19(33-2)21(25)20(15)23(32)34-3/h4-8,11,17,31H,9-10,26H2,1-3H3,(H,28,29)/t17-/m0/s1. The number of carbonyl (C=O) groups excluding carboxylic acids is 1. The van der Waals surface area contributed by atoms with Crippen LogP contribution in [-0.2, 0) is 10.5 Å². The largest absolute Gasteiger partial charge is 0.507 e. The highest BCUT2D eigenvalue weighted by atomic mass is 79.9. The van der Waals surface area contributed by atoms with Gasteiger partial charge in [0.25, 0.3) is 0 Å². The fourth-order valence-corrected chi connectivity index (χ4v) is 5.98. The van der Waals surface area contributed by atoms with Gasteiger partial charge in [0.15, 0.2) is 11.0 Å². The molecule has 0 fully saturated rings. The molecule has 0 saturated carbocycles. The first-order valence-corrected chi connectivity index (χ1v) is 13.8. The number of aryl methyl sites for hydroxylation is 1. The number of methoxy groups -OCH3 is 2. The number of nitrogens with zero attached hydrogens (tertiary/aromatic N) is 3. The summed E-state index contributed by atoms with van der Waals surface area (Å²) < 4.78 is 16.0. The number of aromatic hydroxyl groups is 1. The van der Waals surface area contributed by atoms with Crippen LogP contribution in [0, 0.1) is 6.92 Å². The third kappa shape index (κ3) is 6.17. The first-order chi connectivity index (χ1) is 17.8. The molecule has 37 heavy (non-hydrogen) atoms. The lowest BCUT2D eigenvalue weighted by atomic mass is 10.1. The summed E-state index contributed by atoms with van der Waals surface area (Å²) in [6.45, 7) is 1.75. The lowest BCUT2D eigenvalue weighted by molar-refractivity contribution is 0.0597. The average Bonchev–Trinajstić information content (AvgIpc) is 3.54. The molecule has 10 nitrogen and oxygen atoms in total. The minimum Gasteiger partial charge on any atom is -0.507 e. The van der Waals surface area contributed by atoms with Crippen LogP contribution < -0.4 is 15.8 Å². The normalized spacial score (nSPS) is 11.8. The fraction of sp³-hybridized carbons (Fsp3) is 0.250. The van der Waals surface area contributed by atoms with Crippen LogP contribution in [0.4, 0.5) is 10.8 Å². The number of benzene rings is 2. The number of carbonyl (C=O) groups is 1. The highest BCUT2D eigenvalue weighted by Gasteiger charge is 2.25. The number of nitrogen functional groups attached to an aromatic ring is 1. The van der Waals surface area contributed by atoms with E-state index in [0.717, 1.165) is 11.3 Å². The molecule has 0 aliphatic heterocycles. The van der Waals surface area contributed by atoms with Gasteiger partial charge in [-0.3, -0.25) is 0 Å². The predicted octanol–water partition coefficient (Wildman–Crippen LogP) is 5.43. The second-order valence-electron chi connectivity index (χ2n) is 7.81. The van der Waals surface area contributed by atoms with E-state index in [1.807, 2.05) is 29.6 Å². The van der Waals surface area contributed by atoms with Gasteiger partial charge in [0, 0.05) is 39.8 Å². The van der Waals surface area contributed by atoms with Crippen molar-refractivity contribution < 1.29 is 23.9 Å². The molecule has 4 N–H and O–H groups in total. The Bertz CT molecular complexity index is 1390. The molecule has 0 unspecified atom stereocenters. The Kier molecular flexibility index (Phi) is 8.56. The van der Waals surface area contributed by atoms with Crippen molar-refractivity contribution in [2.75, 3.05) is 31.0 Å². The third-order valence-corrected chi connectivity index (χ3v) is 7.93. The first kappa shape index (κ1) is 26.8. The van der Waals surface area contributed by atoms with E-state index >= 15 is 0 Å². The molecule has 4 rings (SSSR count). The van der Waals surface area contributed by atoms with Crippen LogP contribution in [0.1, 0.15) is 33.7 Å². The maximum Gasteiger partial charge on any atom is 0.339 e. The average molecular weight is 607 g/mol. The quantitative estimate of drug-likeness (QED) is 0.157. The number of anilines is 2. The van der Waals surface area contributed by atoms with E-state index in [9.17, 15) is 9.90 Å². The molecule has 1 atom stereocenters. The topological polar surface area (TPSA) is 146 Å². The summed E-state index contributed by atoms with van der Waals surface area (Å²) >= 11 is 6.31. The molecule has 0 aliphatic carbocycles. The van der Waals surface area contributed by atoms with Gasteiger partial charge in [0.2, 0.25) is 5.89 Å². The molecule has 0 amide bonds. The zero-order valence-corrected chi connectivity index (χ0v) is 23.4. The zero-order chi connectivity index (χ0) is 26.5. The second-order valence-corrected chi connectivity index (χ2v) is 10.5. The van der Waals surface area contributed by atoms with Crippen LogP contribution in [-0.4, -0.2) is 46.2 Å². The number of esters is 1. The van der Waals surface area contributed by atoms with Gasteiger partial charge in [-0.25, -0.2) is 9.78 Å². The number of rotatable bonds is 10. The summed E-state index contributed by atoms with van der Waals surface area (Å²) in [7, 11) is 2.74. The van der Waals surface area contributed by atoms with Crippen molar-refractivity contribution in [2.24, 2.45) is 0 Å². The predicted molar refractivity (Wildman–Crippen MR) is 147 cm³/mol. The number of thiazole rings is 1. The van der Waals surface area contributed by atoms with Crippen LogP contribution in [0.15, 0.2) is 44.7 Å². The number of hydrogen-bond donors (Lipinski definition) is 3. The van der Waals surface area contributed by atoms with E-state index in [2.05, 4.69) is 36.4 Å². The van der Waals surface area contributed by atoms with Crippen molar-refractivity contribution in [2.45, 2.75) is 18.7 Å². The van der Waals surface area contributed by atoms with Gasteiger partial charge in [0.1, 0.15) is 17.5 Å². The van der Waals surface area contributed by atoms with Gasteiger partial charge < -0.3 is 30.2 Å². The molecular formula is C24H24BrN5O5S2. The van der Waals surface area contributed by atoms with Crippen LogP contribution in [0.25, 0.3) is 11.3 Å². The lowest BCUT2D eigenvalue weighted by Crippen LogP contribution is -2.14. The van der Waals surface area contributed by atoms with Crippen LogP contribution in [0.3, 0.4) is 0 Å². The summed E-state index contributed by atoms with van der Waals surface area (Å²) in [5.74, 6) is 1.37. The molecule has 194 valence electrons. The number of phenols is 1. The first-order valence-electron chi connectivity index (χ1n) is 10.9. The highest BCUT2D eigenvalue weighted by molar-refractivity contribution is 9.10. The SMILES string of the molecule is COC(=O)c1c(Br)c(OC)cc(O)c1CSC[C@H](Nc1nc(-c2ccc(N)cc2)cs1)c1nc(C)no1. The molecule has 0 saturated heterocycles. The number of halogens is 1. The number of nitrogens with two attached hydrogens (primary N) is 1. The van der Waals surface area contributed by atoms with Gasteiger partial charge in [-0.1, -0.05) is 17.3 Å². The number of phenolic OH excluding ortho intramolecular Hbond substituents is 1. The van der Waals surface area contributed by atoms with Crippen molar-refractivity contribution in [1.82, 2.24) is 15.1 Å². The van der Waals surface area contributed by atoms with E-state index in [1.54, 1.807) is 6.92 Å². The molecule has 4 aromatic rings. The number of aromatic nitrogens is 3. The molecule has 0 spiro atoms. The van der Waals surface area contributed by atoms with Gasteiger partial charge >= 0.3 is 5.97 Å².